The van der Waals surface area contributed by atoms with Crippen molar-refractivity contribution >= 4 is 38.9 Å². The van der Waals surface area contributed by atoms with Gasteiger partial charge < -0.3 is 5.32 Å². The molecule has 1 amide bonds. The average molecular weight is 367 g/mol. The van der Waals surface area contributed by atoms with Crippen LogP contribution in [0.4, 0.5) is 11.4 Å². The number of amides is 1. The zero-order valence-corrected chi connectivity index (χ0v) is 15.5. The highest BCUT2D eigenvalue weighted by Crippen LogP contribution is 2.26. The van der Waals surface area contributed by atoms with Crippen LogP contribution in [0.1, 0.15) is 21.5 Å². The summed E-state index contributed by atoms with van der Waals surface area (Å²) < 4.78 is 24.4. The lowest BCUT2D eigenvalue weighted by molar-refractivity contribution is 0.102. The Morgan fingerprint density at radius 2 is 1.71 bits per heavy atom. The monoisotopic (exact) mass is 366 g/mol. The molecule has 24 heavy (non-hydrogen) atoms. The number of aryl methyl sites for hydroxylation is 2. The van der Waals surface area contributed by atoms with Gasteiger partial charge in [0.25, 0.3) is 5.91 Å². The number of benzene rings is 2. The zero-order chi connectivity index (χ0) is 18.1. The lowest BCUT2D eigenvalue weighted by Crippen LogP contribution is -2.25. The SMILES string of the molecule is Cc1cccc(C)c1NC(=O)c1cc(N(C)S(C)(=O)=O)ccc1Cl. The first-order valence-electron chi connectivity index (χ1n) is 7.22. The molecule has 0 aliphatic rings. The topological polar surface area (TPSA) is 66.5 Å². The standard InChI is InChI=1S/C17H19ClN2O3S/c1-11-6-5-7-12(2)16(11)19-17(21)14-10-13(8-9-15(14)18)20(3)24(4,22)23/h5-10H,1-4H3,(H,19,21). The van der Waals surface area contributed by atoms with Crippen LogP contribution >= 0.6 is 11.6 Å². The third-order valence-electron chi connectivity index (χ3n) is 3.78. The van der Waals surface area contributed by atoms with E-state index in [2.05, 4.69) is 5.32 Å². The molecule has 0 spiro atoms. The molecular weight excluding hydrogens is 348 g/mol. The van der Waals surface area contributed by atoms with Gasteiger partial charge in [0.1, 0.15) is 0 Å². The van der Waals surface area contributed by atoms with Crippen molar-refractivity contribution in [3.63, 3.8) is 0 Å². The van der Waals surface area contributed by atoms with E-state index in [0.717, 1.165) is 27.4 Å². The molecule has 0 saturated carbocycles. The Balaban J connectivity index is 2.39. The molecule has 0 bridgehead atoms. The molecule has 0 heterocycles. The quantitative estimate of drug-likeness (QED) is 0.898. The molecule has 1 N–H and O–H groups in total. The van der Waals surface area contributed by atoms with Gasteiger partial charge in [0.2, 0.25) is 10.0 Å². The van der Waals surface area contributed by atoms with Crippen molar-refractivity contribution in [2.75, 3.05) is 22.9 Å². The van der Waals surface area contributed by atoms with E-state index in [1.54, 1.807) is 6.07 Å². The van der Waals surface area contributed by atoms with E-state index < -0.39 is 10.0 Å². The second kappa shape index (κ2) is 6.83. The van der Waals surface area contributed by atoms with Gasteiger partial charge >= 0.3 is 0 Å². The highest BCUT2D eigenvalue weighted by molar-refractivity contribution is 7.92. The molecule has 0 aromatic heterocycles. The summed E-state index contributed by atoms with van der Waals surface area (Å²) in [5, 5.41) is 3.10. The summed E-state index contributed by atoms with van der Waals surface area (Å²) in [6, 6.07) is 10.2. The average Bonchev–Trinajstić information content (AvgIpc) is 2.49. The number of carbonyl (C=O) groups excluding carboxylic acids is 1. The number of rotatable bonds is 4. The van der Waals surface area contributed by atoms with E-state index in [-0.39, 0.29) is 16.5 Å². The van der Waals surface area contributed by atoms with Gasteiger partial charge in [0.15, 0.2) is 0 Å². The third kappa shape index (κ3) is 3.88. The van der Waals surface area contributed by atoms with E-state index in [9.17, 15) is 13.2 Å². The fourth-order valence-electron chi connectivity index (χ4n) is 2.27. The first-order valence-corrected chi connectivity index (χ1v) is 9.45. The molecule has 0 atom stereocenters. The summed E-state index contributed by atoms with van der Waals surface area (Å²) >= 11 is 6.13. The fourth-order valence-corrected chi connectivity index (χ4v) is 2.97. The molecule has 0 radical (unpaired) electrons. The predicted molar refractivity (Wildman–Crippen MR) is 98.6 cm³/mol. The number of anilines is 2. The summed E-state index contributed by atoms with van der Waals surface area (Å²) in [5.41, 5.74) is 3.18. The molecule has 128 valence electrons. The van der Waals surface area contributed by atoms with Gasteiger partial charge in [-0.1, -0.05) is 29.8 Å². The Kier molecular flexibility index (Phi) is 5.20. The highest BCUT2D eigenvalue weighted by Gasteiger charge is 2.18. The minimum absolute atomic E-state index is 0.215. The van der Waals surface area contributed by atoms with E-state index in [0.29, 0.717) is 5.69 Å². The second-order valence-electron chi connectivity index (χ2n) is 5.62. The van der Waals surface area contributed by atoms with Crippen molar-refractivity contribution in [3.8, 4) is 0 Å². The summed E-state index contributed by atoms with van der Waals surface area (Å²) in [4.78, 5) is 12.6. The molecule has 0 fully saturated rings. The van der Waals surface area contributed by atoms with E-state index in [4.69, 9.17) is 11.6 Å². The van der Waals surface area contributed by atoms with Crippen LogP contribution < -0.4 is 9.62 Å². The van der Waals surface area contributed by atoms with E-state index in [1.807, 2.05) is 32.0 Å². The zero-order valence-electron chi connectivity index (χ0n) is 13.9. The molecule has 0 aliphatic carbocycles. The van der Waals surface area contributed by atoms with Gasteiger partial charge in [-0.15, -0.1) is 0 Å². The maximum absolute atomic E-state index is 12.6. The summed E-state index contributed by atoms with van der Waals surface area (Å²) in [6.07, 6.45) is 1.10. The van der Waals surface area contributed by atoms with Crippen LogP contribution in [0.25, 0.3) is 0 Å². The summed E-state index contributed by atoms with van der Waals surface area (Å²) in [7, 11) is -2.00. The molecular formula is C17H19ClN2O3S. The number of nitrogens with zero attached hydrogens (tertiary/aromatic N) is 1. The van der Waals surface area contributed by atoms with Crippen molar-refractivity contribution in [1.29, 1.82) is 0 Å². The smallest absolute Gasteiger partial charge is 0.257 e. The van der Waals surface area contributed by atoms with Crippen LogP contribution in [0.3, 0.4) is 0 Å². The molecule has 2 aromatic rings. The van der Waals surface area contributed by atoms with Gasteiger partial charge in [-0.25, -0.2) is 8.42 Å². The van der Waals surface area contributed by atoms with Crippen LogP contribution in [0, 0.1) is 13.8 Å². The Morgan fingerprint density at radius 1 is 1.12 bits per heavy atom. The first kappa shape index (κ1) is 18.3. The number of sulfonamides is 1. The largest absolute Gasteiger partial charge is 0.321 e. The predicted octanol–water partition coefficient (Wildman–Crippen LogP) is 3.60. The number of hydrogen-bond donors (Lipinski definition) is 1. The minimum Gasteiger partial charge on any atom is -0.321 e. The Hall–Kier alpha value is -2.05. The van der Waals surface area contributed by atoms with Crippen molar-refractivity contribution in [1.82, 2.24) is 0 Å². The van der Waals surface area contributed by atoms with Crippen LogP contribution in [0.15, 0.2) is 36.4 Å². The van der Waals surface area contributed by atoms with E-state index in [1.165, 1.54) is 19.2 Å². The van der Waals surface area contributed by atoms with E-state index >= 15 is 0 Å². The van der Waals surface area contributed by atoms with Gasteiger partial charge in [0, 0.05) is 12.7 Å². The minimum atomic E-state index is -3.42. The highest BCUT2D eigenvalue weighted by atomic mass is 35.5. The number of nitrogens with one attached hydrogen (secondary N) is 1. The summed E-state index contributed by atoms with van der Waals surface area (Å²) in [6.45, 7) is 3.80. The van der Waals surface area contributed by atoms with Crippen molar-refractivity contribution in [2.24, 2.45) is 0 Å². The molecule has 5 nitrogen and oxygen atoms in total. The Labute approximate surface area is 147 Å². The molecule has 2 aromatic carbocycles. The number of carbonyl (C=O) groups is 1. The molecule has 2 rings (SSSR count). The van der Waals surface area contributed by atoms with Crippen molar-refractivity contribution < 1.29 is 13.2 Å². The van der Waals surface area contributed by atoms with Gasteiger partial charge in [-0.05, 0) is 43.2 Å². The molecule has 0 saturated heterocycles. The lowest BCUT2D eigenvalue weighted by Gasteiger charge is -2.18. The van der Waals surface area contributed by atoms with Crippen molar-refractivity contribution in [3.05, 3.63) is 58.1 Å². The Bertz CT molecular complexity index is 874. The lowest BCUT2D eigenvalue weighted by atomic mass is 10.1. The van der Waals surface area contributed by atoms with Gasteiger partial charge in [-0.3, -0.25) is 9.10 Å². The molecule has 7 heteroatoms. The maximum atomic E-state index is 12.6. The molecule has 0 aliphatic heterocycles. The first-order chi connectivity index (χ1) is 11.1. The van der Waals surface area contributed by atoms with Crippen LogP contribution in [0.2, 0.25) is 5.02 Å². The van der Waals surface area contributed by atoms with Gasteiger partial charge in [0.05, 0.1) is 22.5 Å². The number of halogens is 1. The fraction of sp³-hybridized carbons (Fsp3) is 0.235. The summed E-state index contributed by atoms with van der Waals surface area (Å²) in [5.74, 6) is -0.388. The van der Waals surface area contributed by atoms with Crippen LogP contribution in [0.5, 0.6) is 0 Å². The Morgan fingerprint density at radius 3 is 2.25 bits per heavy atom. The van der Waals surface area contributed by atoms with Crippen molar-refractivity contribution in [2.45, 2.75) is 13.8 Å². The van der Waals surface area contributed by atoms with Crippen LogP contribution in [-0.4, -0.2) is 27.6 Å². The normalized spacial score (nSPS) is 11.2. The second-order valence-corrected chi connectivity index (χ2v) is 8.04. The number of para-hydroxylation sites is 1. The van der Waals surface area contributed by atoms with Crippen LogP contribution in [-0.2, 0) is 10.0 Å². The maximum Gasteiger partial charge on any atom is 0.257 e. The molecule has 0 unspecified atom stereocenters. The number of hydrogen-bond acceptors (Lipinski definition) is 3. The third-order valence-corrected chi connectivity index (χ3v) is 5.31. The van der Waals surface area contributed by atoms with Gasteiger partial charge in [-0.2, -0.15) is 0 Å².